The number of aromatic amines is 1. The first kappa shape index (κ1) is 13.9. The van der Waals surface area contributed by atoms with Crippen LogP contribution >= 0.6 is 23.2 Å². The Balaban J connectivity index is 2.12. The average Bonchev–Trinajstić information content (AvgIpc) is 2.39. The number of benzene rings is 1. The molecule has 0 atom stereocenters. The van der Waals surface area contributed by atoms with E-state index in [1.807, 2.05) is 0 Å². The first-order valence-electron chi connectivity index (χ1n) is 5.49. The smallest absolute Gasteiger partial charge is 0.223 e. The lowest BCUT2D eigenvalue weighted by Crippen LogP contribution is -2.09. The van der Waals surface area contributed by atoms with Crippen LogP contribution in [-0.4, -0.2) is 10.1 Å². The number of pyridine rings is 1. The van der Waals surface area contributed by atoms with Crippen molar-refractivity contribution in [2.24, 2.45) is 0 Å². The van der Waals surface area contributed by atoms with E-state index >= 15 is 0 Å². The summed E-state index contributed by atoms with van der Waals surface area (Å²) < 4.78 is 5.39. The lowest BCUT2D eigenvalue weighted by Gasteiger charge is -2.08. The first-order valence-corrected chi connectivity index (χ1v) is 6.25. The van der Waals surface area contributed by atoms with Crippen molar-refractivity contribution in [3.8, 4) is 5.75 Å². The summed E-state index contributed by atoms with van der Waals surface area (Å²) in [6.45, 7) is -0.0594. The van der Waals surface area contributed by atoms with Crippen molar-refractivity contribution < 1.29 is 9.84 Å². The van der Waals surface area contributed by atoms with Crippen molar-refractivity contribution in [1.29, 1.82) is 0 Å². The Morgan fingerprint density at radius 2 is 2.05 bits per heavy atom. The van der Waals surface area contributed by atoms with Gasteiger partial charge in [-0.3, -0.25) is 4.79 Å². The third kappa shape index (κ3) is 3.50. The summed E-state index contributed by atoms with van der Waals surface area (Å²) in [6.07, 6.45) is 1.41. The van der Waals surface area contributed by atoms with Crippen molar-refractivity contribution in [2.75, 3.05) is 0 Å². The molecule has 1 aromatic carbocycles. The van der Waals surface area contributed by atoms with Gasteiger partial charge in [-0.05, 0) is 12.1 Å². The van der Waals surface area contributed by atoms with Crippen LogP contribution in [-0.2, 0) is 13.2 Å². The maximum absolute atomic E-state index is 11.6. The minimum absolute atomic E-state index is 0.164. The fourth-order valence-corrected chi connectivity index (χ4v) is 1.96. The molecule has 0 saturated carbocycles. The summed E-state index contributed by atoms with van der Waals surface area (Å²) >= 11 is 11.8. The standard InChI is InChI=1S/C13H11Cl2NO3/c14-9-2-1-8(11(15)3-9)7-19-13-5-16-10(6-17)4-12(13)18/h1-5,17H,6-7H2,(H,16,18). The highest BCUT2D eigenvalue weighted by Crippen LogP contribution is 2.21. The van der Waals surface area contributed by atoms with Crippen molar-refractivity contribution in [3.63, 3.8) is 0 Å². The molecular formula is C13H11Cl2NO3. The van der Waals surface area contributed by atoms with Crippen molar-refractivity contribution >= 4 is 23.2 Å². The van der Waals surface area contributed by atoms with E-state index in [9.17, 15) is 4.79 Å². The minimum Gasteiger partial charge on any atom is -0.483 e. The van der Waals surface area contributed by atoms with Crippen molar-refractivity contribution in [1.82, 2.24) is 4.98 Å². The van der Waals surface area contributed by atoms with Gasteiger partial charge in [0, 0.05) is 33.6 Å². The number of rotatable bonds is 4. The van der Waals surface area contributed by atoms with Gasteiger partial charge in [-0.1, -0.05) is 29.3 Å². The van der Waals surface area contributed by atoms with Crippen LogP contribution in [0.1, 0.15) is 11.3 Å². The SMILES string of the molecule is O=c1cc(CO)[nH]cc1OCc1ccc(Cl)cc1Cl. The van der Waals surface area contributed by atoms with Gasteiger partial charge in [-0.15, -0.1) is 0 Å². The number of ether oxygens (including phenoxy) is 1. The lowest BCUT2D eigenvalue weighted by atomic mass is 10.2. The van der Waals surface area contributed by atoms with Crippen molar-refractivity contribution in [3.05, 3.63) is 62.0 Å². The third-order valence-corrected chi connectivity index (χ3v) is 3.09. The van der Waals surface area contributed by atoms with Gasteiger partial charge >= 0.3 is 0 Å². The molecule has 0 bridgehead atoms. The quantitative estimate of drug-likeness (QED) is 0.912. The molecule has 0 unspecified atom stereocenters. The van der Waals surface area contributed by atoms with Crippen LogP contribution in [0, 0.1) is 0 Å². The summed E-state index contributed by atoms with van der Waals surface area (Å²) in [5.74, 6) is 0.170. The van der Waals surface area contributed by atoms with Gasteiger partial charge in [0.1, 0.15) is 6.61 Å². The van der Waals surface area contributed by atoms with Crippen LogP contribution in [0.25, 0.3) is 0 Å². The van der Waals surface area contributed by atoms with Crippen LogP contribution in [0.2, 0.25) is 10.0 Å². The van der Waals surface area contributed by atoms with E-state index in [-0.39, 0.29) is 24.4 Å². The highest BCUT2D eigenvalue weighted by molar-refractivity contribution is 6.35. The molecule has 0 spiro atoms. The summed E-state index contributed by atoms with van der Waals surface area (Å²) in [5, 5.41) is 9.91. The first-order chi connectivity index (χ1) is 9.10. The molecule has 0 aliphatic heterocycles. The number of H-pyrrole nitrogens is 1. The average molecular weight is 300 g/mol. The molecule has 0 radical (unpaired) electrons. The van der Waals surface area contributed by atoms with Gasteiger partial charge in [0.15, 0.2) is 5.75 Å². The molecule has 1 aromatic heterocycles. The van der Waals surface area contributed by atoms with Gasteiger partial charge in [0.2, 0.25) is 5.43 Å². The van der Waals surface area contributed by atoms with Crippen LogP contribution in [0.5, 0.6) is 5.75 Å². The Bertz CT molecular complexity index is 640. The zero-order valence-electron chi connectivity index (χ0n) is 9.82. The van der Waals surface area contributed by atoms with Crippen molar-refractivity contribution in [2.45, 2.75) is 13.2 Å². The van der Waals surface area contributed by atoms with E-state index in [1.54, 1.807) is 18.2 Å². The molecular weight excluding hydrogens is 289 g/mol. The number of aliphatic hydroxyl groups is 1. The zero-order chi connectivity index (χ0) is 13.8. The maximum atomic E-state index is 11.6. The molecule has 6 heteroatoms. The molecule has 0 saturated heterocycles. The van der Waals surface area contributed by atoms with Crippen LogP contribution in [0.4, 0.5) is 0 Å². The molecule has 0 amide bonds. The third-order valence-electron chi connectivity index (χ3n) is 2.51. The molecule has 1 heterocycles. The number of halogens is 2. The Morgan fingerprint density at radius 1 is 1.26 bits per heavy atom. The molecule has 0 fully saturated rings. The summed E-state index contributed by atoms with van der Waals surface area (Å²) in [6, 6.07) is 6.34. The molecule has 4 nitrogen and oxygen atoms in total. The van der Waals surface area contributed by atoms with Crippen LogP contribution in [0.15, 0.2) is 35.3 Å². The Kier molecular flexibility index (Phi) is 4.47. The van der Waals surface area contributed by atoms with Gasteiger partial charge in [0.25, 0.3) is 0 Å². The molecule has 0 aliphatic rings. The minimum atomic E-state index is -0.298. The number of aromatic nitrogens is 1. The summed E-state index contributed by atoms with van der Waals surface area (Å²) in [5.41, 5.74) is 0.867. The highest BCUT2D eigenvalue weighted by Gasteiger charge is 2.05. The Hall–Kier alpha value is -1.49. The number of hydrogen-bond acceptors (Lipinski definition) is 3. The van der Waals surface area contributed by atoms with Gasteiger partial charge in [0.05, 0.1) is 6.61 Å². The summed E-state index contributed by atoms with van der Waals surface area (Å²) in [7, 11) is 0. The Morgan fingerprint density at radius 3 is 2.68 bits per heavy atom. The predicted molar refractivity (Wildman–Crippen MR) is 73.8 cm³/mol. The lowest BCUT2D eigenvalue weighted by molar-refractivity contribution is 0.274. The largest absolute Gasteiger partial charge is 0.483 e. The van der Waals surface area contributed by atoms with E-state index in [2.05, 4.69) is 4.98 Å². The molecule has 100 valence electrons. The maximum Gasteiger partial charge on any atom is 0.223 e. The zero-order valence-corrected chi connectivity index (χ0v) is 11.3. The van der Waals surface area contributed by atoms with Gasteiger partial charge in [-0.25, -0.2) is 0 Å². The van der Waals surface area contributed by atoms with E-state index in [0.717, 1.165) is 5.56 Å². The van der Waals surface area contributed by atoms with E-state index < -0.39 is 0 Å². The topological polar surface area (TPSA) is 62.3 Å². The van der Waals surface area contributed by atoms with Crippen LogP contribution in [0.3, 0.4) is 0 Å². The second kappa shape index (κ2) is 6.10. The van der Waals surface area contributed by atoms with Gasteiger partial charge in [-0.2, -0.15) is 0 Å². The number of aliphatic hydroxyl groups excluding tert-OH is 1. The normalized spacial score (nSPS) is 10.5. The van der Waals surface area contributed by atoms with Gasteiger partial charge < -0.3 is 14.8 Å². The van der Waals surface area contributed by atoms with Crippen LogP contribution < -0.4 is 10.2 Å². The molecule has 2 N–H and O–H groups in total. The predicted octanol–water partition coefficient (Wildman–Crippen LogP) is 2.75. The van der Waals surface area contributed by atoms with E-state index in [0.29, 0.717) is 15.7 Å². The highest BCUT2D eigenvalue weighted by atomic mass is 35.5. The Labute approximate surface area is 119 Å². The monoisotopic (exact) mass is 299 g/mol. The second-order valence-electron chi connectivity index (χ2n) is 3.87. The van der Waals surface area contributed by atoms with E-state index in [4.69, 9.17) is 33.0 Å². The number of hydrogen-bond donors (Lipinski definition) is 2. The fraction of sp³-hybridized carbons (Fsp3) is 0.154. The van der Waals surface area contributed by atoms with E-state index in [1.165, 1.54) is 12.3 Å². The summed E-state index contributed by atoms with van der Waals surface area (Å²) in [4.78, 5) is 14.4. The molecule has 2 rings (SSSR count). The number of nitrogens with one attached hydrogen (secondary N) is 1. The fourth-order valence-electron chi connectivity index (χ4n) is 1.50. The second-order valence-corrected chi connectivity index (χ2v) is 4.71. The molecule has 19 heavy (non-hydrogen) atoms. The molecule has 0 aliphatic carbocycles. The molecule has 2 aromatic rings.